The van der Waals surface area contributed by atoms with Crippen LogP contribution in [0, 0.1) is 6.92 Å². The lowest BCUT2D eigenvalue weighted by Crippen LogP contribution is -2.12. The highest BCUT2D eigenvalue weighted by Crippen LogP contribution is 2.27. The van der Waals surface area contributed by atoms with Gasteiger partial charge in [-0.05, 0) is 43.3 Å². The van der Waals surface area contributed by atoms with Crippen LogP contribution in [0.3, 0.4) is 0 Å². The fourth-order valence-corrected chi connectivity index (χ4v) is 2.78. The largest absolute Gasteiger partial charge is 0.508 e. The molecule has 4 aromatic rings. The maximum atomic E-state index is 12.9. The second-order valence-corrected chi connectivity index (χ2v) is 6.09. The molecule has 0 atom stereocenters. The topological polar surface area (TPSA) is 80.3 Å². The molecule has 0 aliphatic carbocycles. The number of carbonyl (C=O) groups excluding carboxylic acids is 1. The van der Waals surface area contributed by atoms with Crippen LogP contribution in [0.25, 0.3) is 17.1 Å². The summed E-state index contributed by atoms with van der Waals surface area (Å²) in [5.74, 6) is 0.989. The van der Waals surface area contributed by atoms with Gasteiger partial charge in [-0.25, -0.2) is 4.68 Å². The van der Waals surface area contributed by atoms with Gasteiger partial charge in [0.2, 0.25) is 0 Å². The predicted molar refractivity (Wildman–Crippen MR) is 102 cm³/mol. The van der Waals surface area contributed by atoms with E-state index in [-0.39, 0.29) is 11.7 Å². The zero-order valence-electron chi connectivity index (χ0n) is 14.6. The number of aromatic nitrogens is 2. The van der Waals surface area contributed by atoms with Crippen molar-refractivity contribution in [2.45, 2.75) is 6.92 Å². The average molecular weight is 359 g/mol. The summed E-state index contributed by atoms with van der Waals surface area (Å²) in [6.45, 7) is 1.84. The number of anilines is 1. The molecule has 4 rings (SSSR count). The van der Waals surface area contributed by atoms with Crippen molar-refractivity contribution in [3.63, 3.8) is 0 Å². The third kappa shape index (κ3) is 3.46. The average Bonchev–Trinajstić information content (AvgIpc) is 3.29. The lowest BCUT2D eigenvalue weighted by atomic mass is 10.2. The van der Waals surface area contributed by atoms with Crippen LogP contribution in [0.5, 0.6) is 5.75 Å². The Morgan fingerprint density at radius 2 is 1.89 bits per heavy atom. The quantitative estimate of drug-likeness (QED) is 0.566. The Balaban J connectivity index is 1.75. The van der Waals surface area contributed by atoms with E-state index in [0.29, 0.717) is 22.7 Å². The summed E-state index contributed by atoms with van der Waals surface area (Å²) in [6.07, 6.45) is 1.67. The monoisotopic (exact) mass is 359 g/mol. The van der Waals surface area contributed by atoms with Crippen molar-refractivity contribution >= 4 is 11.6 Å². The number of para-hydroxylation sites is 1. The molecule has 0 fully saturated rings. The molecule has 0 saturated heterocycles. The van der Waals surface area contributed by atoms with Gasteiger partial charge in [0.15, 0.2) is 5.76 Å². The van der Waals surface area contributed by atoms with Crippen molar-refractivity contribution < 1.29 is 14.3 Å². The number of carbonyl (C=O) groups is 1. The minimum atomic E-state index is -0.341. The van der Waals surface area contributed by atoms with Gasteiger partial charge in [-0.3, -0.25) is 4.79 Å². The Morgan fingerprint density at radius 3 is 2.59 bits per heavy atom. The Bertz CT molecular complexity index is 1100. The molecule has 6 nitrogen and oxygen atoms in total. The fourth-order valence-electron chi connectivity index (χ4n) is 2.78. The number of phenolic OH excluding ortho intramolecular Hbond substituents is 1. The van der Waals surface area contributed by atoms with Crippen LogP contribution in [-0.4, -0.2) is 20.8 Å². The SMILES string of the molecule is Cc1ccc(-c2nn(-c3ccccc3)cc2C(=O)Nc2cccc(O)c2)o1. The number of nitrogens with one attached hydrogen (secondary N) is 1. The number of hydrogen-bond donors (Lipinski definition) is 2. The minimum absolute atomic E-state index is 0.0784. The summed E-state index contributed by atoms with van der Waals surface area (Å²) in [5.41, 5.74) is 2.15. The van der Waals surface area contributed by atoms with Gasteiger partial charge in [0.25, 0.3) is 5.91 Å². The normalized spacial score (nSPS) is 10.7. The third-order valence-electron chi connectivity index (χ3n) is 4.06. The summed E-state index contributed by atoms with van der Waals surface area (Å²) in [7, 11) is 0. The van der Waals surface area contributed by atoms with E-state index in [4.69, 9.17) is 4.42 Å². The van der Waals surface area contributed by atoms with Gasteiger partial charge < -0.3 is 14.8 Å². The number of aromatic hydroxyl groups is 1. The molecule has 2 heterocycles. The Hall–Kier alpha value is -3.80. The molecule has 0 unspecified atom stereocenters. The summed E-state index contributed by atoms with van der Waals surface area (Å²) in [5, 5.41) is 16.9. The van der Waals surface area contributed by atoms with Gasteiger partial charge in [-0.2, -0.15) is 5.10 Å². The van der Waals surface area contributed by atoms with E-state index in [9.17, 15) is 9.90 Å². The highest BCUT2D eigenvalue weighted by molar-refractivity contribution is 6.07. The molecule has 0 radical (unpaired) electrons. The Kier molecular flexibility index (Phi) is 4.22. The standard InChI is InChI=1S/C21H17N3O3/c1-14-10-11-19(27-14)20-18(13-24(23-20)16-7-3-2-4-8-16)21(26)22-15-6-5-9-17(25)12-15/h2-13,25H,1H3,(H,22,26). The molecule has 0 spiro atoms. The maximum Gasteiger partial charge on any atom is 0.259 e. The smallest absolute Gasteiger partial charge is 0.259 e. The van der Waals surface area contributed by atoms with E-state index >= 15 is 0 Å². The molecule has 2 N–H and O–H groups in total. The molecule has 0 aliphatic rings. The number of benzene rings is 2. The summed E-state index contributed by atoms with van der Waals surface area (Å²) in [6, 6.07) is 19.5. The first-order valence-electron chi connectivity index (χ1n) is 8.42. The Labute approximate surface area is 155 Å². The maximum absolute atomic E-state index is 12.9. The third-order valence-corrected chi connectivity index (χ3v) is 4.06. The number of phenols is 1. The van der Waals surface area contributed by atoms with E-state index in [1.807, 2.05) is 43.3 Å². The summed E-state index contributed by atoms with van der Waals surface area (Å²) >= 11 is 0. The fraction of sp³-hybridized carbons (Fsp3) is 0.0476. The van der Waals surface area contributed by atoms with Gasteiger partial charge in [-0.15, -0.1) is 0 Å². The van der Waals surface area contributed by atoms with Crippen LogP contribution in [0.15, 0.2) is 77.3 Å². The molecular weight excluding hydrogens is 342 g/mol. The van der Waals surface area contributed by atoms with Crippen LogP contribution in [0.2, 0.25) is 0 Å². The van der Waals surface area contributed by atoms with E-state index in [0.717, 1.165) is 11.4 Å². The van der Waals surface area contributed by atoms with Crippen molar-refractivity contribution in [2.24, 2.45) is 0 Å². The van der Waals surface area contributed by atoms with Gasteiger partial charge in [0.05, 0.1) is 11.3 Å². The van der Waals surface area contributed by atoms with Gasteiger partial charge >= 0.3 is 0 Å². The summed E-state index contributed by atoms with van der Waals surface area (Å²) in [4.78, 5) is 12.9. The molecule has 27 heavy (non-hydrogen) atoms. The lowest BCUT2D eigenvalue weighted by molar-refractivity contribution is 0.102. The molecule has 2 aromatic carbocycles. The highest BCUT2D eigenvalue weighted by atomic mass is 16.3. The molecular formula is C21H17N3O3. The second-order valence-electron chi connectivity index (χ2n) is 6.09. The number of furan rings is 1. The highest BCUT2D eigenvalue weighted by Gasteiger charge is 2.21. The van der Waals surface area contributed by atoms with Crippen LogP contribution >= 0.6 is 0 Å². The number of amides is 1. The second kappa shape index (κ2) is 6.84. The van der Waals surface area contributed by atoms with Crippen molar-refractivity contribution in [1.29, 1.82) is 0 Å². The van der Waals surface area contributed by atoms with Crippen molar-refractivity contribution in [1.82, 2.24) is 9.78 Å². The number of hydrogen-bond acceptors (Lipinski definition) is 4. The van der Waals surface area contributed by atoms with Crippen molar-refractivity contribution in [2.75, 3.05) is 5.32 Å². The predicted octanol–water partition coefficient (Wildman–Crippen LogP) is 4.40. The lowest BCUT2D eigenvalue weighted by Gasteiger charge is -2.05. The van der Waals surface area contributed by atoms with Crippen molar-refractivity contribution in [3.05, 3.63) is 84.3 Å². The molecule has 0 bridgehead atoms. The molecule has 134 valence electrons. The number of aryl methyl sites for hydroxylation is 1. The molecule has 1 amide bonds. The van der Waals surface area contributed by atoms with E-state index in [1.165, 1.54) is 6.07 Å². The van der Waals surface area contributed by atoms with Gasteiger partial charge in [0, 0.05) is 18.0 Å². The van der Waals surface area contributed by atoms with Crippen molar-refractivity contribution in [3.8, 4) is 22.9 Å². The zero-order valence-corrected chi connectivity index (χ0v) is 14.6. The van der Waals surface area contributed by atoms with Gasteiger partial charge in [0.1, 0.15) is 17.2 Å². The van der Waals surface area contributed by atoms with Crippen LogP contribution in [-0.2, 0) is 0 Å². The van der Waals surface area contributed by atoms with Crippen LogP contribution < -0.4 is 5.32 Å². The Morgan fingerprint density at radius 1 is 1.07 bits per heavy atom. The number of rotatable bonds is 4. The minimum Gasteiger partial charge on any atom is -0.508 e. The first-order chi connectivity index (χ1) is 13.1. The van der Waals surface area contributed by atoms with Crippen LogP contribution in [0.1, 0.15) is 16.1 Å². The molecule has 0 aliphatic heterocycles. The van der Waals surface area contributed by atoms with E-state index < -0.39 is 0 Å². The molecule has 0 saturated carbocycles. The van der Waals surface area contributed by atoms with E-state index in [2.05, 4.69) is 10.4 Å². The first-order valence-corrected chi connectivity index (χ1v) is 8.42. The summed E-state index contributed by atoms with van der Waals surface area (Å²) < 4.78 is 7.33. The van der Waals surface area contributed by atoms with E-state index in [1.54, 1.807) is 35.1 Å². The van der Waals surface area contributed by atoms with Gasteiger partial charge in [-0.1, -0.05) is 24.3 Å². The number of nitrogens with zero attached hydrogens (tertiary/aromatic N) is 2. The van der Waals surface area contributed by atoms with Crippen LogP contribution in [0.4, 0.5) is 5.69 Å². The first kappa shape index (κ1) is 16.7. The molecule has 6 heteroatoms. The molecule has 2 aromatic heterocycles. The zero-order chi connectivity index (χ0) is 18.8.